The predicted octanol–water partition coefficient (Wildman–Crippen LogP) is 4.46. The number of benzene rings is 1. The molecule has 2 aliphatic rings. The number of anilines is 2. The predicted molar refractivity (Wildman–Crippen MR) is 108 cm³/mol. The molecular formula is C21H19ClF3N3O3. The number of pyridine rings is 1. The van der Waals surface area contributed by atoms with E-state index in [-0.39, 0.29) is 28.6 Å². The van der Waals surface area contributed by atoms with E-state index in [9.17, 15) is 22.8 Å². The molecule has 2 aromatic rings. The van der Waals surface area contributed by atoms with Gasteiger partial charge in [0.05, 0.1) is 16.5 Å². The topological polar surface area (TPSA) is 71.5 Å². The van der Waals surface area contributed by atoms with Gasteiger partial charge in [0.25, 0.3) is 0 Å². The van der Waals surface area contributed by atoms with Crippen LogP contribution < -0.4 is 15.0 Å². The smallest absolute Gasteiger partial charge is 0.417 e. The van der Waals surface area contributed by atoms with Gasteiger partial charge < -0.3 is 15.0 Å². The number of fused-ring (bicyclic) bond motifs is 1. The van der Waals surface area contributed by atoms with Crippen LogP contribution in [-0.4, -0.2) is 29.9 Å². The third kappa shape index (κ3) is 4.76. The number of carbonyl (C=O) groups is 2. The Morgan fingerprint density at radius 2 is 1.94 bits per heavy atom. The Morgan fingerprint density at radius 1 is 1.19 bits per heavy atom. The van der Waals surface area contributed by atoms with Gasteiger partial charge in [0.1, 0.15) is 11.6 Å². The molecule has 1 aromatic heterocycles. The molecule has 0 atom stereocenters. The number of nitrogens with zero attached hydrogens (tertiary/aromatic N) is 2. The lowest BCUT2D eigenvalue weighted by Crippen LogP contribution is -2.38. The van der Waals surface area contributed by atoms with Crippen molar-refractivity contribution in [1.82, 2.24) is 4.98 Å². The Bertz CT molecular complexity index is 1020. The van der Waals surface area contributed by atoms with Gasteiger partial charge in [-0.25, -0.2) is 4.98 Å². The van der Waals surface area contributed by atoms with Gasteiger partial charge in [-0.3, -0.25) is 9.59 Å². The van der Waals surface area contributed by atoms with E-state index in [2.05, 4.69) is 10.3 Å². The molecule has 10 heteroatoms. The molecule has 6 nitrogen and oxygen atoms in total. The normalized spacial score (nSPS) is 17.2. The van der Waals surface area contributed by atoms with Crippen molar-refractivity contribution >= 4 is 35.0 Å². The van der Waals surface area contributed by atoms with Crippen LogP contribution in [0.4, 0.5) is 24.7 Å². The van der Waals surface area contributed by atoms with Crippen molar-refractivity contribution in [3.63, 3.8) is 0 Å². The summed E-state index contributed by atoms with van der Waals surface area (Å²) in [5.41, 5.74) is 0.748. The Hall–Kier alpha value is -2.81. The number of esters is 1. The molecule has 31 heavy (non-hydrogen) atoms. The van der Waals surface area contributed by atoms with E-state index in [0.717, 1.165) is 23.5 Å². The Labute approximate surface area is 181 Å². The molecule has 0 spiro atoms. The summed E-state index contributed by atoms with van der Waals surface area (Å²) < 4.78 is 43.9. The average Bonchev–Trinajstić information content (AvgIpc) is 2.73. The van der Waals surface area contributed by atoms with Crippen LogP contribution in [0.15, 0.2) is 30.5 Å². The maximum Gasteiger partial charge on any atom is 0.417 e. The fraction of sp³-hybridized carbons (Fsp3) is 0.381. The second-order valence-corrected chi connectivity index (χ2v) is 7.98. The number of hydrogen-bond acceptors (Lipinski definition) is 5. The SMILES string of the molecule is O=C1CCc2cc(OC(=O)C3CCN(c4ncc(C(F)(F)F)cc4Cl)CC3)ccc2N1. The molecule has 1 saturated heterocycles. The fourth-order valence-corrected chi connectivity index (χ4v) is 4.05. The van der Waals surface area contributed by atoms with Gasteiger partial charge in [-0.1, -0.05) is 11.6 Å². The molecule has 0 saturated carbocycles. The Kier molecular flexibility index (Phi) is 5.79. The number of carbonyl (C=O) groups excluding carboxylic acids is 2. The molecule has 0 unspecified atom stereocenters. The standard InChI is InChI=1S/C21H19ClF3N3O3/c22-16-10-14(21(23,24)25)11-26-19(16)28-7-5-12(6-8-28)20(30)31-15-2-3-17-13(9-15)1-4-18(29)27-17/h2-3,9-12H,1,4-8H2,(H,27,29). The molecular weight excluding hydrogens is 435 g/mol. The van der Waals surface area contributed by atoms with Crippen molar-refractivity contribution in [2.75, 3.05) is 23.3 Å². The van der Waals surface area contributed by atoms with E-state index in [1.54, 1.807) is 23.1 Å². The zero-order chi connectivity index (χ0) is 22.2. The van der Waals surface area contributed by atoms with Gasteiger partial charge in [-0.2, -0.15) is 13.2 Å². The first kappa shape index (κ1) is 21.4. The first-order valence-corrected chi connectivity index (χ1v) is 10.2. The molecule has 4 rings (SSSR count). The van der Waals surface area contributed by atoms with Gasteiger partial charge in [0.15, 0.2) is 0 Å². The quantitative estimate of drug-likeness (QED) is 0.549. The minimum Gasteiger partial charge on any atom is -0.426 e. The summed E-state index contributed by atoms with van der Waals surface area (Å²) in [4.78, 5) is 29.7. The summed E-state index contributed by atoms with van der Waals surface area (Å²) in [7, 11) is 0. The highest BCUT2D eigenvalue weighted by molar-refractivity contribution is 6.33. The molecule has 1 fully saturated rings. The van der Waals surface area contributed by atoms with Crippen LogP contribution in [-0.2, 0) is 22.2 Å². The minimum atomic E-state index is -4.51. The monoisotopic (exact) mass is 453 g/mol. The fourth-order valence-electron chi connectivity index (χ4n) is 3.77. The van der Waals surface area contributed by atoms with Crippen molar-refractivity contribution in [3.05, 3.63) is 46.6 Å². The van der Waals surface area contributed by atoms with Crippen molar-refractivity contribution in [2.24, 2.45) is 5.92 Å². The Balaban J connectivity index is 1.36. The Morgan fingerprint density at radius 3 is 2.61 bits per heavy atom. The minimum absolute atomic E-state index is 0.0355. The van der Waals surface area contributed by atoms with Gasteiger partial charge in [0, 0.05) is 31.4 Å². The van der Waals surface area contributed by atoms with Crippen molar-refractivity contribution in [3.8, 4) is 5.75 Å². The van der Waals surface area contributed by atoms with Crippen molar-refractivity contribution in [1.29, 1.82) is 0 Å². The van der Waals surface area contributed by atoms with E-state index in [4.69, 9.17) is 16.3 Å². The summed E-state index contributed by atoms with van der Waals surface area (Å²) in [6.07, 6.45) is -1.82. The molecule has 0 aliphatic carbocycles. The summed E-state index contributed by atoms with van der Waals surface area (Å²) >= 11 is 6.02. The number of piperidine rings is 1. The van der Waals surface area contributed by atoms with Crippen LogP contribution in [0, 0.1) is 5.92 Å². The van der Waals surface area contributed by atoms with E-state index >= 15 is 0 Å². The summed E-state index contributed by atoms with van der Waals surface area (Å²) in [6, 6.07) is 5.98. The molecule has 164 valence electrons. The number of ether oxygens (including phenoxy) is 1. The number of halogens is 4. The molecule has 3 heterocycles. The molecule has 0 radical (unpaired) electrons. The van der Waals surface area contributed by atoms with E-state index in [1.807, 2.05) is 0 Å². The zero-order valence-electron chi connectivity index (χ0n) is 16.3. The molecule has 2 aliphatic heterocycles. The second kappa shape index (κ2) is 8.37. The lowest BCUT2D eigenvalue weighted by Gasteiger charge is -2.32. The lowest BCUT2D eigenvalue weighted by atomic mass is 9.97. The third-order valence-corrected chi connectivity index (χ3v) is 5.75. The highest BCUT2D eigenvalue weighted by Crippen LogP contribution is 2.35. The van der Waals surface area contributed by atoms with Crippen LogP contribution in [0.25, 0.3) is 0 Å². The highest BCUT2D eigenvalue weighted by Gasteiger charge is 2.33. The van der Waals surface area contributed by atoms with E-state index < -0.39 is 11.7 Å². The first-order chi connectivity index (χ1) is 14.7. The van der Waals surface area contributed by atoms with Crippen molar-refractivity contribution < 1.29 is 27.5 Å². The molecule has 1 aromatic carbocycles. The van der Waals surface area contributed by atoms with Gasteiger partial charge in [-0.05, 0) is 49.1 Å². The molecule has 0 bridgehead atoms. The first-order valence-electron chi connectivity index (χ1n) is 9.83. The third-order valence-electron chi connectivity index (χ3n) is 5.47. The second-order valence-electron chi connectivity index (χ2n) is 7.58. The van der Waals surface area contributed by atoms with Crippen LogP contribution in [0.1, 0.15) is 30.4 Å². The average molecular weight is 454 g/mol. The number of rotatable bonds is 3. The molecule has 1 amide bonds. The van der Waals surface area contributed by atoms with E-state index in [0.29, 0.717) is 44.5 Å². The van der Waals surface area contributed by atoms with Crippen LogP contribution in [0.3, 0.4) is 0 Å². The number of amides is 1. The van der Waals surface area contributed by atoms with Gasteiger partial charge >= 0.3 is 12.1 Å². The van der Waals surface area contributed by atoms with Gasteiger partial charge in [0.2, 0.25) is 5.91 Å². The van der Waals surface area contributed by atoms with Crippen LogP contribution >= 0.6 is 11.6 Å². The lowest BCUT2D eigenvalue weighted by molar-refractivity contribution is -0.140. The van der Waals surface area contributed by atoms with E-state index in [1.165, 1.54) is 0 Å². The summed E-state index contributed by atoms with van der Waals surface area (Å²) in [5.74, 6) is -0.0224. The number of aromatic nitrogens is 1. The maximum absolute atomic E-state index is 12.8. The number of aryl methyl sites for hydroxylation is 1. The van der Waals surface area contributed by atoms with Crippen molar-refractivity contribution in [2.45, 2.75) is 31.9 Å². The zero-order valence-corrected chi connectivity index (χ0v) is 17.1. The van der Waals surface area contributed by atoms with Gasteiger partial charge in [-0.15, -0.1) is 0 Å². The van der Waals surface area contributed by atoms with Crippen LogP contribution in [0.2, 0.25) is 5.02 Å². The summed E-state index contributed by atoms with van der Waals surface area (Å²) in [6.45, 7) is 0.849. The largest absolute Gasteiger partial charge is 0.426 e. The van der Waals surface area contributed by atoms with Crippen LogP contribution in [0.5, 0.6) is 5.75 Å². The number of hydrogen-bond donors (Lipinski definition) is 1. The number of nitrogens with one attached hydrogen (secondary N) is 1. The highest BCUT2D eigenvalue weighted by atomic mass is 35.5. The maximum atomic E-state index is 12.8. The number of alkyl halides is 3. The summed E-state index contributed by atoms with van der Waals surface area (Å²) in [5, 5.41) is 2.70. The molecule has 1 N–H and O–H groups in total.